The third kappa shape index (κ3) is 4.32. The molecule has 8 nitrogen and oxygen atoms in total. The lowest BCUT2D eigenvalue weighted by Gasteiger charge is -2.29. The fraction of sp³-hybridized carbons (Fsp3) is 0.571. The second kappa shape index (κ2) is 9.09. The molecule has 2 bridgehead atoms. The van der Waals surface area contributed by atoms with Crippen LogP contribution in [-0.4, -0.2) is 73.2 Å². The number of hydrogen-bond acceptors (Lipinski definition) is 5. The van der Waals surface area contributed by atoms with E-state index in [2.05, 4.69) is 15.5 Å². The average molecular weight is 421 g/mol. The highest BCUT2D eigenvalue weighted by Gasteiger charge is 2.62. The van der Waals surface area contributed by atoms with Gasteiger partial charge in [-0.05, 0) is 37.5 Å². The summed E-state index contributed by atoms with van der Waals surface area (Å²) in [7, 11) is 1.65. The number of carbonyl (C=O) groups excluding carboxylic acids is 2. The van der Waals surface area contributed by atoms with Gasteiger partial charge in [-0.25, -0.2) is 4.39 Å². The Morgan fingerprint density at radius 1 is 1.43 bits per heavy atom. The predicted octanol–water partition coefficient (Wildman–Crippen LogP) is 0.790. The maximum atomic E-state index is 13.5. The molecule has 2 amide bonds. The highest BCUT2D eigenvalue weighted by molar-refractivity contribution is 5.95. The summed E-state index contributed by atoms with van der Waals surface area (Å²) in [6.07, 6.45) is 2.16. The lowest BCUT2D eigenvalue weighted by molar-refractivity contribution is -0.123. The first-order valence-electron chi connectivity index (χ1n) is 10.1. The van der Waals surface area contributed by atoms with Gasteiger partial charge in [0.05, 0.1) is 18.2 Å². The molecule has 3 fully saturated rings. The van der Waals surface area contributed by atoms with Gasteiger partial charge in [-0.1, -0.05) is 6.07 Å². The first-order valence-corrected chi connectivity index (χ1v) is 10.1. The summed E-state index contributed by atoms with van der Waals surface area (Å²) in [6.45, 7) is 4.03. The van der Waals surface area contributed by atoms with E-state index < -0.39 is 5.82 Å². The van der Waals surface area contributed by atoms with Crippen LogP contribution in [0.25, 0.3) is 0 Å². The number of fused-ring (bicyclic) bond motifs is 1. The van der Waals surface area contributed by atoms with Gasteiger partial charge in [0.1, 0.15) is 5.82 Å². The Morgan fingerprint density at radius 3 is 2.87 bits per heavy atom. The fourth-order valence-electron chi connectivity index (χ4n) is 5.11. The molecule has 1 aromatic carbocycles. The maximum Gasteiger partial charge on any atom is 0.290 e. The summed E-state index contributed by atoms with van der Waals surface area (Å²) in [5.74, 6) is -0.106. The fourth-order valence-corrected chi connectivity index (χ4v) is 5.11. The summed E-state index contributed by atoms with van der Waals surface area (Å²) in [5, 5.41) is 12.5. The molecule has 0 unspecified atom stereocenters. The number of carboxylic acid groups (broad SMARTS) is 1. The second-order valence-corrected chi connectivity index (χ2v) is 8.15. The van der Waals surface area contributed by atoms with Crippen molar-refractivity contribution in [3.05, 3.63) is 35.1 Å². The summed E-state index contributed by atoms with van der Waals surface area (Å²) >= 11 is 0. The third-order valence-corrected chi connectivity index (χ3v) is 6.44. The monoisotopic (exact) mass is 421 g/mol. The van der Waals surface area contributed by atoms with Gasteiger partial charge in [-0.15, -0.1) is 0 Å². The van der Waals surface area contributed by atoms with E-state index in [0.29, 0.717) is 24.6 Å². The number of amides is 2. The number of nitrogens with zero attached hydrogens (tertiary/aromatic N) is 1. The molecule has 3 heterocycles. The number of likely N-dealkylation sites (N-methyl/N-ethyl adjacent to an activating group) is 1. The van der Waals surface area contributed by atoms with E-state index >= 15 is 0 Å². The van der Waals surface area contributed by atoms with E-state index in [1.165, 1.54) is 12.1 Å². The van der Waals surface area contributed by atoms with Crippen LogP contribution in [-0.2, 0) is 14.3 Å². The topological polar surface area (TPSA) is 108 Å². The number of benzene rings is 1. The molecule has 1 aromatic rings. The standard InChI is InChI=1S/C20H26FN3O3.CH2O2/c1-12-3-4-13(21)7-14(12)19(26)23-8-15-16-9-24(10-18(25)22-2)11-20(16)6-5-17(15)27-20;2-1-3/h3-4,7,15-17H,5-6,8-11H2,1-2H3,(H,22,25)(H,23,26);1H,(H,2,3)/t15-,16+,17+,20+;/m0./s1. The van der Waals surface area contributed by atoms with Gasteiger partial charge in [0.25, 0.3) is 12.4 Å². The molecule has 164 valence electrons. The van der Waals surface area contributed by atoms with Crippen LogP contribution < -0.4 is 10.6 Å². The van der Waals surface area contributed by atoms with Crippen LogP contribution in [0.1, 0.15) is 28.8 Å². The first-order chi connectivity index (χ1) is 14.3. The van der Waals surface area contributed by atoms with Crippen molar-refractivity contribution in [3.63, 3.8) is 0 Å². The van der Waals surface area contributed by atoms with Gasteiger partial charge in [0, 0.05) is 44.1 Å². The van der Waals surface area contributed by atoms with Crippen LogP contribution in [0, 0.1) is 24.6 Å². The maximum absolute atomic E-state index is 13.5. The van der Waals surface area contributed by atoms with Gasteiger partial charge in [0.2, 0.25) is 5.91 Å². The van der Waals surface area contributed by atoms with Crippen LogP contribution in [0.15, 0.2) is 18.2 Å². The van der Waals surface area contributed by atoms with Gasteiger partial charge in [0.15, 0.2) is 0 Å². The van der Waals surface area contributed by atoms with Crippen molar-refractivity contribution in [2.24, 2.45) is 11.8 Å². The molecule has 0 radical (unpaired) electrons. The number of likely N-dealkylation sites (tertiary alicyclic amines) is 1. The molecule has 4 rings (SSSR count). The molecule has 3 saturated heterocycles. The molecule has 30 heavy (non-hydrogen) atoms. The molecular weight excluding hydrogens is 393 g/mol. The largest absolute Gasteiger partial charge is 0.483 e. The van der Waals surface area contributed by atoms with Crippen molar-refractivity contribution < 1.29 is 28.6 Å². The molecule has 0 aliphatic carbocycles. The van der Waals surface area contributed by atoms with Crippen molar-refractivity contribution in [1.82, 2.24) is 15.5 Å². The summed E-state index contributed by atoms with van der Waals surface area (Å²) in [4.78, 5) is 34.8. The molecule has 4 atom stereocenters. The van der Waals surface area contributed by atoms with E-state index in [4.69, 9.17) is 14.6 Å². The number of hydrogen-bond donors (Lipinski definition) is 3. The highest BCUT2D eigenvalue weighted by atomic mass is 19.1. The zero-order chi connectivity index (χ0) is 21.9. The third-order valence-electron chi connectivity index (χ3n) is 6.44. The minimum Gasteiger partial charge on any atom is -0.483 e. The molecule has 3 aliphatic heterocycles. The van der Waals surface area contributed by atoms with Gasteiger partial charge in [-0.3, -0.25) is 19.3 Å². The van der Waals surface area contributed by atoms with Crippen molar-refractivity contribution in [2.75, 3.05) is 33.2 Å². The minimum absolute atomic E-state index is 0.00681. The molecule has 3 N–H and O–H groups in total. The van der Waals surface area contributed by atoms with Crippen molar-refractivity contribution >= 4 is 18.3 Å². The van der Waals surface area contributed by atoms with Gasteiger partial charge >= 0.3 is 0 Å². The Kier molecular flexibility index (Phi) is 6.72. The van der Waals surface area contributed by atoms with E-state index in [1.807, 2.05) is 0 Å². The Hall–Kier alpha value is -2.52. The van der Waals surface area contributed by atoms with Crippen molar-refractivity contribution in [2.45, 2.75) is 31.5 Å². The lowest BCUT2D eigenvalue weighted by Crippen LogP contribution is -2.42. The Balaban J connectivity index is 0.000000806. The Bertz CT molecular complexity index is 820. The Labute approximate surface area is 174 Å². The molecule has 0 saturated carbocycles. The zero-order valence-corrected chi connectivity index (χ0v) is 17.2. The molecule has 9 heteroatoms. The summed E-state index contributed by atoms with van der Waals surface area (Å²) in [5.41, 5.74) is 0.955. The Morgan fingerprint density at radius 2 is 2.17 bits per heavy atom. The van der Waals surface area contributed by atoms with Gasteiger partial charge < -0.3 is 20.5 Å². The molecule has 0 aromatic heterocycles. The highest BCUT2D eigenvalue weighted by Crippen LogP contribution is 2.54. The van der Waals surface area contributed by atoms with E-state index in [9.17, 15) is 14.0 Å². The SMILES string of the molecule is CNC(=O)CN1C[C@@H]2[C@H](CNC(=O)c3cc(F)ccc3C)[C@H]3CC[C@]2(C1)O3.O=CO. The van der Waals surface area contributed by atoms with Crippen LogP contribution in [0.3, 0.4) is 0 Å². The van der Waals surface area contributed by atoms with Crippen molar-refractivity contribution in [3.8, 4) is 0 Å². The van der Waals surface area contributed by atoms with Crippen LogP contribution in [0.2, 0.25) is 0 Å². The number of ether oxygens (including phenoxy) is 1. The predicted molar refractivity (Wildman–Crippen MR) is 106 cm³/mol. The lowest BCUT2D eigenvalue weighted by atomic mass is 9.73. The number of carbonyl (C=O) groups is 3. The summed E-state index contributed by atoms with van der Waals surface area (Å²) in [6, 6.07) is 4.26. The molecular formula is C21H28FN3O5. The van der Waals surface area contributed by atoms with Crippen LogP contribution >= 0.6 is 0 Å². The first kappa shape index (κ1) is 22.2. The minimum atomic E-state index is -0.409. The van der Waals surface area contributed by atoms with Crippen LogP contribution in [0.4, 0.5) is 4.39 Å². The second-order valence-electron chi connectivity index (χ2n) is 8.15. The number of nitrogens with one attached hydrogen (secondary N) is 2. The summed E-state index contributed by atoms with van der Waals surface area (Å²) < 4.78 is 19.8. The zero-order valence-electron chi connectivity index (χ0n) is 17.2. The van der Waals surface area contributed by atoms with Crippen molar-refractivity contribution in [1.29, 1.82) is 0 Å². The van der Waals surface area contributed by atoms with E-state index in [1.54, 1.807) is 20.0 Å². The van der Waals surface area contributed by atoms with E-state index in [0.717, 1.165) is 31.5 Å². The normalized spacial score (nSPS) is 29.0. The quantitative estimate of drug-likeness (QED) is 0.607. The molecule has 3 aliphatic rings. The van der Waals surface area contributed by atoms with Gasteiger partial charge in [-0.2, -0.15) is 0 Å². The molecule has 1 spiro atoms. The van der Waals surface area contributed by atoms with E-state index in [-0.39, 0.29) is 35.9 Å². The average Bonchev–Trinajstić information content (AvgIpc) is 3.36. The number of halogens is 1. The number of aryl methyl sites for hydroxylation is 1. The van der Waals surface area contributed by atoms with Crippen LogP contribution in [0.5, 0.6) is 0 Å². The smallest absolute Gasteiger partial charge is 0.290 e. The number of rotatable bonds is 5.